The lowest BCUT2D eigenvalue weighted by Crippen LogP contribution is -2.27. The van der Waals surface area contributed by atoms with Gasteiger partial charge < -0.3 is 10.6 Å². The molecule has 2 aromatic rings. The van der Waals surface area contributed by atoms with Crippen LogP contribution < -0.4 is 10.6 Å². The summed E-state index contributed by atoms with van der Waals surface area (Å²) >= 11 is 5.94. The number of amides is 1. The number of nitrogens with zero attached hydrogens (tertiary/aromatic N) is 2. The van der Waals surface area contributed by atoms with Crippen molar-refractivity contribution >= 4 is 23.3 Å². The molecule has 0 spiro atoms. The fraction of sp³-hybridized carbons (Fsp3) is 0.235. The highest BCUT2D eigenvalue weighted by molar-refractivity contribution is 6.30. The van der Waals surface area contributed by atoms with E-state index >= 15 is 0 Å². The number of halogens is 1. The van der Waals surface area contributed by atoms with Crippen LogP contribution in [0.5, 0.6) is 0 Å². The van der Waals surface area contributed by atoms with Crippen LogP contribution >= 0.6 is 11.6 Å². The van der Waals surface area contributed by atoms with Crippen LogP contribution in [0.3, 0.4) is 0 Å². The number of aryl methyl sites for hydroxylation is 1. The Labute approximate surface area is 140 Å². The normalized spacial score (nSPS) is 10.2. The Morgan fingerprint density at radius 3 is 2.91 bits per heavy atom. The summed E-state index contributed by atoms with van der Waals surface area (Å²) in [6.45, 7) is 6.48. The summed E-state index contributed by atoms with van der Waals surface area (Å²) < 4.78 is 0. The summed E-state index contributed by atoms with van der Waals surface area (Å²) in [7, 11) is 0. The fourth-order valence-corrected chi connectivity index (χ4v) is 2.27. The minimum atomic E-state index is -0.223. The molecule has 5 nitrogen and oxygen atoms in total. The number of carbonyl (C=O) groups excluding carboxylic acids is 1. The Hall–Kier alpha value is -2.40. The molecule has 0 aliphatic rings. The molecule has 0 saturated heterocycles. The number of nitrogens with one attached hydrogen (secondary N) is 2. The van der Waals surface area contributed by atoms with Crippen molar-refractivity contribution in [2.75, 3.05) is 18.4 Å². The summed E-state index contributed by atoms with van der Waals surface area (Å²) in [6, 6.07) is 9.21. The third-order valence-electron chi connectivity index (χ3n) is 3.09. The molecule has 1 aromatic heterocycles. The van der Waals surface area contributed by atoms with E-state index < -0.39 is 0 Å². The zero-order chi connectivity index (χ0) is 16.7. The summed E-state index contributed by atoms with van der Waals surface area (Å²) in [5.74, 6) is 0.927. The maximum absolute atomic E-state index is 12.2. The minimum Gasteiger partial charge on any atom is -0.366 e. The lowest BCUT2D eigenvalue weighted by atomic mass is 10.1. The van der Waals surface area contributed by atoms with E-state index in [2.05, 4.69) is 27.2 Å². The van der Waals surface area contributed by atoms with Crippen LogP contribution in [-0.4, -0.2) is 29.0 Å². The molecule has 0 radical (unpaired) electrons. The van der Waals surface area contributed by atoms with Gasteiger partial charge in [0.05, 0.1) is 0 Å². The Kier molecular flexibility index (Phi) is 6.11. The first-order valence-corrected chi connectivity index (χ1v) is 7.69. The molecule has 0 bridgehead atoms. The summed E-state index contributed by atoms with van der Waals surface area (Å²) in [6.07, 6.45) is 2.43. The predicted molar refractivity (Wildman–Crippen MR) is 92.9 cm³/mol. The zero-order valence-corrected chi connectivity index (χ0v) is 13.7. The average Bonchev–Trinajstić information content (AvgIpc) is 2.52. The van der Waals surface area contributed by atoms with Gasteiger partial charge in [0.1, 0.15) is 17.3 Å². The van der Waals surface area contributed by atoms with E-state index in [0.717, 1.165) is 5.56 Å². The predicted octanol–water partition coefficient (Wildman–Crippen LogP) is 3.01. The van der Waals surface area contributed by atoms with E-state index in [1.807, 2.05) is 24.3 Å². The number of hydrogen-bond acceptors (Lipinski definition) is 4. The molecular weight excluding hydrogens is 312 g/mol. The molecule has 1 heterocycles. The third-order valence-corrected chi connectivity index (χ3v) is 3.32. The largest absolute Gasteiger partial charge is 0.366 e. The van der Waals surface area contributed by atoms with E-state index in [-0.39, 0.29) is 5.91 Å². The highest BCUT2D eigenvalue weighted by Crippen LogP contribution is 2.11. The molecule has 1 amide bonds. The second kappa shape index (κ2) is 8.29. The quantitative estimate of drug-likeness (QED) is 0.766. The number of aromatic nitrogens is 2. The Bertz CT molecular complexity index is 703. The second-order valence-corrected chi connectivity index (χ2v) is 5.43. The van der Waals surface area contributed by atoms with E-state index in [1.54, 1.807) is 19.1 Å². The van der Waals surface area contributed by atoms with Crippen molar-refractivity contribution in [3.05, 3.63) is 65.1 Å². The molecule has 1 aromatic carbocycles. The Morgan fingerprint density at radius 1 is 1.35 bits per heavy atom. The fourth-order valence-electron chi connectivity index (χ4n) is 2.05. The van der Waals surface area contributed by atoms with E-state index in [9.17, 15) is 4.79 Å². The van der Waals surface area contributed by atoms with Gasteiger partial charge in [-0.1, -0.05) is 29.8 Å². The van der Waals surface area contributed by atoms with Gasteiger partial charge in [0.15, 0.2) is 0 Å². The molecule has 0 aliphatic carbocycles. The molecule has 2 N–H and O–H groups in total. The molecule has 0 fully saturated rings. The number of carbonyl (C=O) groups is 1. The molecule has 6 heteroatoms. The number of hydrogen-bond donors (Lipinski definition) is 2. The van der Waals surface area contributed by atoms with Gasteiger partial charge in [0.25, 0.3) is 5.91 Å². The van der Waals surface area contributed by atoms with Crippen molar-refractivity contribution in [3.8, 4) is 0 Å². The van der Waals surface area contributed by atoms with Crippen molar-refractivity contribution in [3.63, 3.8) is 0 Å². The maximum atomic E-state index is 12.2. The molecule has 120 valence electrons. The molecular formula is C17H19ClN4O. The molecule has 0 unspecified atom stereocenters. The van der Waals surface area contributed by atoms with Gasteiger partial charge in [0.2, 0.25) is 0 Å². The highest BCUT2D eigenvalue weighted by Gasteiger charge is 2.10. The van der Waals surface area contributed by atoms with Gasteiger partial charge in [-0.15, -0.1) is 6.58 Å². The van der Waals surface area contributed by atoms with Gasteiger partial charge in [0, 0.05) is 24.2 Å². The second-order valence-electron chi connectivity index (χ2n) is 4.99. The Morgan fingerprint density at radius 2 is 2.17 bits per heavy atom. The van der Waals surface area contributed by atoms with Gasteiger partial charge in [-0.05, 0) is 31.0 Å². The summed E-state index contributed by atoms with van der Waals surface area (Å²) in [4.78, 5) is 20.6. The monoisotopic (exact) mass is 330 g/mol. The van der Waals surface area contributed by atoms with Gasteiger partial charge in [-0.2, -0.15) is 0 Å². The van der Waals surface area contributed by atoms with Crippen LogP contribution in [0.4, 0.5) is 5.82 Å². The molecule has 0 atom stereocenters. The first-order chi connectivity index (χ1) is 11.1. The van der Waals surface area contributed by atoms with E-state index in [4.69, 9.17) is 11.6 Å². The molecule has 0 aliphatic heterocycles. The van der Waals surface area contributed by atoms with E-state index in [1.165, 1.54) is 0 Å². The van der Waals surface area contributed by atoms with Crippen LogP contribution in [0.15, 0.2) is 43.0 Å². The van der Waals surface area contributed by atoms with Crippen molar-refractivity contribution in [1.29, 1.82) is 0 Å². The first kappa shape index (κ1) is 17.0. The third kappa shape index (κ3) is 5.38. The van der Waals surface area contributed by atoms with Crippen LogP contribution in [0.2, 0.25) is 5.02 Å². The van der Waals surface area contributed by atoms with Gasteiger partial charge in [-0.3, -0.25) is 4.79 Å². The van der Waals surface area contributed by atoms with Crippen molar-refractivity contribution in [1.82, 2.24) is 15.3 Å². The standard InChI is InChI=1S/C17H19ClN4O/c1-3-8-19-16-11-15(21-12(2)22-16)17(23)20-9-7-13-5-4-6-14(18)10-13/h3-6,10-11H,1,7-9H2,2H3,(H,20,23)(H,19,21,22). The van der Waals surface area contributed by atoms with Crippen molar-refractivity contribution in [2.45, 2.75) is 13.3 Å². The molecule has 2 rings (SSSR count). The first-order valence-electron chi connectivity index (χ1n) is 7.31. The zero-order valence-electron chi connectivity index (χ0n) is 13.0. The number of anilines is 1. The SMILES string of the molecule is C=CCNc1cc(C(=O)NCCc2cccc(Cl)c2)nc(C)n1. The highest BCUT2D eigenvalue weighted by atomic mass is 35.5. The average molecular weight is 331 g/mol. The van der Waals surface area contributed by atoms with Crippen molar-refractivity contribution in [2.24, 2.45) is 0 Å². The minimum absolute atomic E-state index is 0.223. The molecule has 0 saturated carbocycles. The maximum Gasteiger partial charge on any atom is 0.270 e. The lowest BCUT2D eigenvalue weighted by Gasteiger charge is -2.08. The topological polar surface area (TPSA) is 66.9 Å². The smallest absolute Gasteiger partial charge is 0.270 e. The van der Waals surface area contributed by atoms with Crippen molar-refractivity contribution < 1.29 is 4.79 Å². The van der Waals surface area contributed by atoms with Gasteiger partial charge in [-0.25, -0.2) is 9.97 Å². The number of benzene rings is 1. The van der Waals surface area contributed by atoms with Crippen LogP contribution in [-0.2, 0) is 6.42 Å². The van der Waals surface area contributed by atoms with Gasteiger partial charge >= 0.3 is 0 Å². The summed E-state index contributed by atoms with van der Waals surface area (Å²) in [5, 5.41) is 6.60. The van der Waals surface area contributed by atoms with E-state index in [0.29, 0.717) is 41.9 Å². The van der Waals surface area contributed by atoms with Crippen LogP contribution in [0.1, 0.15) is 21.9 Å². The number of rotatable bonds is 7. The van der Waals surface area contributed by atoms with Crippen LogP contribution in [0, 0.1) is 6.92 Å². The molecule has 23 heavy (non-hydrogen) atoms. The summed E-state index contributed by atoms with van der Waals surface area (Å²) in [5.41, 5.74) is 1.42. The lowest BCUT2D eigenvalue weighted by molar-refractivity contribution is 0.0949. The Balaban J connectivity index is 1.94. The van der Waals surface area contributed by atoms with Crippen LogP contribution in [0.25, 0.3) is 0 Å².